The number of anilines is 3. The molecule has 2 aliphatic rings. The summed E-state index contributed by atoms with van der Waals surface area (Å²) >= 11 is 3.57. The Bertz CT molecular complexity index is 4040. The Kier molecular flexibility index (Phi) is 21.8. The third kappa shape index (κ3) is 16.8. The number of hydrogen-bond donors (Lipinski definition) is 2. The van der Waals surface area contributed by atoms with Gasteiger partial charge in [0.1, 0.15) is 17.2 Å². The summed E-state index contributed by atoms with van der Waals surface area (Å²) in [4.78, 5) is 95.3. The minimum Gasteiger partial charge on any atom is -0.494 e. The number of carbonyl (C=O) groups is 4. The molecule has 2 N–H and O–H groups in total. The number of aromatic nitrogens is 4. The summed E-state index contributed by atoms with van der Waals surface area (Å²) in [7, 11) is 0. The lowest BCUT2D eigenvalue weighted by molar-refractivity contribution is -0.148. The van der Waals surface area contributed by atoms with E-state index in [1.807, 2.05) is 30.3 Å². The van der Waals surface area contributed by atoms with Crippen molar-refractivity contribution in [2.75, 3.05) is 100 Å². The molecule has 0 saturated carbocycles. The van der Waals surface area contributed by atoms with Gasteiger partial charge < -0.3 is 39.4 Å². The number of benzene rings is 4. The molecular formula is C68H76N10O10S2. The van der Waals surface area contributed by atoms with E-state index in [0.717, 1.165) is 102 Å². The number of amides is 2. The highest BCUT2D eigenvalue weighted by Crippen LogP contribution is 2.33. The zero-order valence-corrected chi connectivity index (χ0v) is 52.2. The average Bonchev–Trinajstić information content (AvgIpc) is 1.35. The molecule has 11 rings (SSSR count). The van der Waals surface area contributed by atoms with Crippen molar-refractivity contribution in [3.05, 3.63) is 159 Å². The molecule has 0 radical (unpaired) electrons. The van der Waals surface area contributed by atoms with Crippen molar-refractivity contribution >= 4 is 106 Å². The van der Waals surface area contributed by atoms with Crippen LogP contribution < -0.4 is 41.0 Å². The zero-order chi connectivity index (χ0) is 62.0. The number of fused-ring (bicyclic) bond motifs is 4. The summed E-state index contributed by atoms with van der Waals surface area (Å²) in [6.07, 6.45) is 8.28. The lowest BCUT2D eigenvalue weighted by Crippen LogP contribution is -2.46. The lowest BCUT2D eigenvalue weighted by Gasteiger charge is -2.36. The molecule has 22 heteroatoms. The number of thiophene rings is 2. The number of nitrogens with zero attached hydrogens (tertiary/aromatic N) is 8. The molecule has 9 aromatic rings. The van der Waals surface area contributed by atoms with E-state index in [9.17, 15) is 28.8 Å². The minimum atomic E-state index is -0.496. The van der Waals surface area contributed by atoms with E-state index in [2.05, 4.69) is 99.5 Å². The number of hydrogen-bond acceptors (Lipinski definition) is 18. The van der Waals surface area contributed by atoms with Crippen LogP contribution in [0.1, 0.15) is 81.1 Å². The number of piperazine rings is 2. The maximum atomic E-state index is 13.0. The first-order valence-corrected chi connectivity index (χ1v) is 33.0. The van der Waals surface area contributed by atoms with Crippen molar-refractivity contribution in [2.45, 2.75) is 84.1 Å². The van der Waals surface area contributed by atoms with Crippen LogP contribution in [0.2, 0.25) is 0 Å². The summed E-state index contributed by atoms with van der Waals surface area (Å²) < 4.78 is 28.8. The number of esters is 2. The van der Waals surface area contributed by atoms with Gasteiger partial charge in [-0.2, -0.15) is 0 Å². The molecule has 0 bridgehead atoms. The Morgan fingerprint density at radius 2 is 1.01 bits per heavy atom. The van der Waals surface area contributed by atoms with Gasteiger partial charge in [0.15, 0.2) is 19.3 Å². The van der Waals surface area contributed by atoms with Gasteiger partial charge in [0, 0.05) is 134 Å². The molecule has 2 amide bonds. The van der Waals surface area contributed by atoms with Gasteiger partial charge in [0.05, 0.1) is 36.6 Å². The van der Waals surface area contributed by atoms with Crippen LogP contribution in [0.25, 0.3) is 42.0 Å². The molecule has 0 unspecified atom stereocenters. The fraction of sp³-hybridized carbons (Fsp3) is 0.382. The summed E-state index contributed by atoms with van der Waals surface area (Å²) in [6, 6.07) is 35.1. The topological polar surface area (TPSA) is 212 Å². The SMILES string of the molecule is O=C(CCCCC(=O)OCn1c(=O)ccc2ccc(OCCCCN3CCN(c4cccc5sccc45)CC3)cc21)Nc1cnc(C(=O)NCCCCC(=O)OCn2c(=O)ccc3ccc(OCCCCN4CCN(c5cccc6sccc56)CC4)cc32)cn1. The molecular weight excluding hydrogens is 1180 g/mol. The number of unbranched alkanes of at least 4 members (excludes halogenated alkanes) is 4. The highest BCUT2D eigenvalue weighted by Gasteiger charge is 2.21. The Hall–Kier alpha value is -8.70. The molecule has 2 saturated heterocycles. The quantitative estimate of drug-likeness (QED) is 0.0317. The first-order chi connectivity index (χ1) is 44.1. The summed E-state index contributed by atoms with van der Waals surface area (Å²) in [6.45, 7) is 11.0. The van der Waals surface area contributed by atoms with Crippen LogP contribution in [0, 0.1) is 0 Å². The van der Waals surface area contributed by atoms with Gasteiger partial charge in [-0.3, -0.25) is 47.7 Å². The van der Waals surface area contributed by atoms with Gasteiger partial charge in [0.2, 0.25) is 5.91 Å². The molecule has 5 aromatic heterocycles. The molecule has 7 heterocycles. The van der Waals surface area contributed by atoms with Gasteiger partial charge in [-0.15, -0.1) is 22.7 Å². The summed E-state index contributed by atoms with van der Waals surface area (Å²) in [5.74, 6) is -0.336. The number of carbonyl (C=O) groups excluding carboxylic acids is 4. The Morgan fingerprint density at radius 3 is 1.52 bits per heavy atom. The fourth-order valence-corrected chi connectivity index (χ4v) is 13.2. The van der Waals surface area contributed by atoms with E-state index in [4.69, 9.17) is 18.9 Å². The molecule has 90 heavy (non-hydrogen) atoms. The van der Waals surface area contributed by atoms with Gasteiger partial charge in [-0.25, -0.2) is 9.97 Å². The van der Waals surface area contributed by atoms with E-state index in [0.29, 0.717) is 61.4 Å². The number of rotatable bonds is 30. The first-order valence-electron chi connectivity index (χ1n) is 31.2. The van der Waals surface area contributed by atoms with E-state index >= 15 is 0 Å². The normalized spacial score (nSPS) is 13.9. The predicted octanol–water partition coefficient (Wildman–Crippen LogP) is 10.3. The van der Waals surface area contributed by atoms with Crippen molar-refractivity contribution in [3.63, 3.8) is 0 Å². The minimum absolute atomic E-state index is 0.0503. The fourth-order valence-electron chi connectivity index (χ4n) is 11.5. The number of pyridine rings is 2. The Morgan fingerprint density at radius 1 is 0.511 bits per heavy atom. The van der Waals surface area contributed by atoms with Crippen molar-refractivity contribution in [3.8, 4) is 11.5 Å². The van der Waals surface area contributed by atoms with Gasteiger partial charge in [-0.05, 0) is 159 Å². The highest BCUT2D eigenvalue weighted by molar-refractivity contribution is 7.17. The van der Waals surface area contributed by atoms with Crippen LogP contribution in [0.5, 0.6) is 11.5 Å². The zero-order valence-electron chi connectivity index (χ0n) is 50.6. The highest BCUT2D eigenvalue weighted by atomic mass is 32.1. The second kappa shape index (κ2) is 31.2. The van der Waals surface area contributed by atoms with Crippen LogP contribution in [-0.4, -0.2) is 138 Å². The van der Waals surface area contributed by atoms with E-state index < -0.39 is 17.8 Å². The average molecular weight is 1260 g/mol. The molecule has 20 nitrogen and oxygen atoms in total. The maximum Gasteiger partial charge on any atom is 0.307 e. The van der Waals surface area contributed by atoms with Crippen molar-refractivity contribution in [2.24, 2.45) is 0 Å². The van der Waals surface area contributed by atoms with Crippen LogP contribution in [-0.2, 0) is 37.3 Å². The van der Waals surface area contributed by atoms with Crippen LogP contribution in [0.4, 0.5) is 17.2 Å². The predicted molar refractivity (Wildman–Crippen MR) is 354 cm³/mol. The molecule has 0 atom stereocenters. The second-order valence-electron chi connectivity index (χ2n) is 22.7. The second-order valence-corrected chi connectivity index (χ2v) is 24.6. The number of nitrogens with one attached hydrogen (secondary N) is 2. The molecule has 2 fully saturated rings. The Labute approximate surface area is 529 Å². The number of ether oxygens (including phenoxy) is 4. The molecule has 2 aliphatic heterocycles. The van der Waals surface area contributed by atoms with Crippen LogP contribution >= 0.6 is 22.7 Å². The van der Waals surface area contributed by atoms with E-state index in [1.54, 1.807) is 40.9 Å². The molecule has 0 spiro atoms. The Balaban J connectivity index is 0.521. The van der Waals surface area contributed by atoms with Crippen LogP contribution in [0.3, 0.4) is 0 Å². The first kappa shape index (κ1) is 62.9. The van der Waals surface area contributed by atoms with E-state index in [1.165, 1.54) is 65.2 Å². The monoisotopic (exact) mass is 1260 g/mol. The van der Waals surface area contributed by atoms with Crippen molar-refractivity contribution in [1.82, 2.24) is 34.2 Å². The molecule has 4 aromatic carbocycles. The summed E-state index contributed by atoms with van der Waals surface area (Å²) in [5.41, 5.74) is 3.30. The molecule has 470 valence electrons. The lowest BCUT2D eigenvalue weighted by atomic mass is 10.2. The summed E-state index contributed by atoms with van der Waals surface area (Å²) in [5, 5.41) is 14.0. The standard InChI is InChI=1S/C68H76N10O10S2/c79-63(15-1-2-16-66(82)87-47-77-58-43-51(22-18-49(58)20-24-64(77)80)85-39-7-5-29-73-31-35-75(36-32-73)56-11-9-13-60-53(56)26-41-89-60)72-62-46-70-55(45-71-62)68(84)69-28-4-3-17-67(83)88-48-78-59-44-52(23-19-50(59)21-25-65(78)81)86-40-8-6-30-74-33-37-76(38-34-74)57-12-10-14-61-54(57)27-42-90-61/h9-14,18-27,41-46H,1-8,15-17,28-40,47-48H2,(H,69,84)(H,71,72,79). The largest absolute Gasteiger partial charge is 0.494 e. The maximum absolute atomic E-state index is 13.0. The smallest absolute Gasteiger partial charge is 0.307 e. The van der Waals surface area contributed by atoms with Crippen molar-refractivity contribution in [1.29, 1.82) is 0 Å². The van der Waals surface area contributed by atoms with Crippen LogP contribution in [0.15, 0.2) is 142 Å². The molecule has 0 aliphatic carbocycles. The van der Waals surface area contributed by atoms with Gasteiger partial charge >= 0.3 is 11.9 Å². The third-order valence-electron chi connectivity index (χ3n) is 16.6. The van der Waals surface area contributed by atoms with Gasteiger partial charge in [-0.1, -0.05) is 12.1 Å². The van der Waals surface area contributed by atoms with Crippen molar-refractivity contribution < 1.29 is 38.1 Å². The third-order valence-corrected chi connectivity index (χ3v) is 18.3. The van der Waals surface area contributed by atoms with Gasteiger partial charge in [0.25, 0.3) is 17.0 Å². The van der Waals surface area contributed by atoms with E-state index in [-0.39, 0.29) is 67.8 Å².